The molecule has 2 aliphatic rings. The number of aliphatic hydroxyl groups is 2. The lowest BCUT2D eigenvalue weighted by molar-refractivity contribution is 0.324. The van der Waals surface area contributed by atoms with Crippen LogP contribution in [0.1, 0.15) is 194 Å². The molecule has 8 heteroatoms. The van der Waals surface area contributed by atoms with Gasteiger partial charge in [-0.2, -0.15) is 0 Å². The van der Waals surface area contributed by atoms with E-state index in [1.54, 1.807) is 23.5 Å². The number of aliphatic hydroxyl groups excluding tert-OH is 2. The first-order valence-corrected chi connectivity index (χ1v) is 25.4. The van der Waals surface area contributed by atoms with Gasteiger partial charge in [0, 0.05) is 9.81 Å². The number of hydrogen-bond donors (Lipinski definition) is 2. The van der Waals surface area contributed by atoms with Crippen LogP contribution < -0.4 is 0 Å². The van der Waals surface area contributed by atoms with Crippen LogP contribution in [0.15, 0.2) is 26.8 Å². The number of thioether (sulfide) groups is 6. The average Bonchev–Trinajstić information content (AvgIpc) is 3.72. The molecule has 0 amide bonds. The van der Waals surface area contributed by atoms with Gasteiger partial charge in [-0.15, -0.1) is 23.5 Å². The molecule has 0 saturated carbocycles. The first kappa shape index (κ1) is 45.4. The van der Waals surface area contributed by atoms with E-state index >= 15 is 0 Å². The van der Waals surface area contributed by atoms with Crippen LogP contribution in [0.4, 0.5) is 0 Å². The van der Waals surface area contributed by atoms with Crippen molar-refractivity contribution in [3.63, 3.8) is 0 Å². The van der Waals surface area contributed by atoms with E-state index in [2.05, 4.69) is 37.4 Å². The SMILES string of the molecule is CCCCCCCCCCCCCCCCSC1=C(SCCCCCCCCCCCCCCCC)SC(=C2SC(CO)=C(CO)S2)S1. The summed E-state index contributed by atoms with van der Waals surface area (Å²) in [7, 11) is 0. The van der Waals surface area contributed by atoms with Crippen molar-refractivity contribution < 1.29 is 10.2 Å². The van der Waals surface area contributed by atoms with Gasteiger partial charge in [0.05, 0.1) is 30.2 Å². The topological polar surface area (TPSA) is 40.5 Å². The molecular formula is C40H72O2S6. The van der Waals surface area contributed by atoms with E-state index in [4.69, 9.17) is 0 Å². The Kier molecular flexibility index (Phi) is 31.1. The predicted molar refractivity (Wildman–Crippen MR) is 231 cm³/mol. The molecule has 2 nitrogen and oxygen atoms in total. The molecular weight excluding hydrogens is 705 g/mol. The molecule has 0 aliphatic carbocycles. The summed E-state index contributed by atoms with van der Waals surface area (Å²) in [5, 5.41) is 19.6. The minimum atomic E-state index is 0.0224. The van der Waals surface area contributed by atoms with Gasteiger partial charge in [-0.1, -0.05) is 228 Å². The summed E-state index contributed by atoms with van der Waals surface area (Å²) in [6.45, 7) is 4.64. The van der Waals surface area contributed by atoms with Gasteiger partial charge < -0.3 is 10.2 Å². The van der Waals surface area contributed by atoms with Crippen molar-refractivity contribution in [1.82, 2.24) is 0 Å². The smallest absolute Gasteiger partial charge is 0.0753 e. The van der Waals surface area contributed by atoms with E-state index in [0.717, 1.165) is 9.81 Å². The maximum absolute atomic E-state index is 9.78. The third-order valence-electron chi connectivity index (χ3n) is 9.20. The summed E-state index contributed by atoms with van der Waals surface area (Å²) < 4.78 is 5.60. The second-order valence-corrected chi connectivity index (χ2v) is 21.1. The third-order valence-corrected chi connectivity index (χ3v) is 18.1. The highest BCUT2D eigenvalue weighted by Crippen LogP contribution is 2.63. The van der Waals surface area contributed by atoms with Gasteiger partial charge >= 0.3 is 0 Å². The van der Waals surface area contributed by atoms with Crippen LogP contribution in [0.25, 0.3) is 0 Å². The Morgan fingerprint density at radius 1 is 0.354 bits per heavy atom. The van der Waals surface area contributed by atoms with E-state index in [1.165, 1.54) is 208 Å². The van der Waals surface area contributed by atoms with Crippen LogP contribution in [0.2, 0.25) is 0 Å². The Balaban J connectivity index is 1.60. The Hall–Kier alpha value is 1.24. The van der Waals surface area contributed by atoms with Gasteiger partial charge in [0.2, 0.25) is 0 Å². The molecule has 0 aromatic carbocycles. The summed E-state index contributed by atoms with van der Waals surface area (Å²) in [6.07, 6.45) is 39.5. The number of unbranched alkanes of at least 4 members (excludes halogenated alkanes) is 26. The molecule has 2 heterocycles. The van der Waals surface area contributed by atoms with Crippen molar-refractivity contribution in [3.05, 3.63) is 26.8 Å². The second kappa shape index (κ2) is 32.9. The summed E-state index contributed by atoms with van der Waals surface area (Å²) in [4.78, 5) is 1.85. The van der Waals surface area contributed by atoms with E-state index in [9.17, 15) is 10.2 Å². The molecule has 0 aromatic heterocycles. The van der Waals surface area contributed by atoms with E-state index in [1.807, 2.05) is 23.5 Å². The third kappa shape index (κ3) is 22.3. The van der Waals surface area contributed by atoms with E-state index in [-0.39, 0.29) is 13.2 Å². The van der Waals surface area contributed by atoms with Gasteiger partial charge in [-0.3, -0.25) is 0 Å². The van der Waals surface area contributed by atoms with Gasteiger partial charge in [0.1, 0.15) is 0 Å². The van der Waals surface area contributed by atoms with Crippen molar-refractivity contribution in [2.75, 3.05) is 24.7 Å². The molecule has 0 saturated heterocycles. The van der Waals surface area contributed by atoms with Crippen molar-refractivity contribution in [2.45, 2.75) is 194 Å². The number of rotatable bonds is 34. The van der Waals surface area contributed by atoms with Crippen LogP contribution in [-0.2, 0) is 0 Å². The maximum Gasteiger partial charge on any atom is 0.0753 e. The highest BCUT2D eigenvalue weighted by molar-refractivity contribution is 8.42. The molecule has 280 valence electrons. The molecule has 0 bridgehead atoms. The van der Waals surface area contributed by atoms with Crippen molar-refractivity contribution >= 4 is 70.6 Å². The normalized spacial score (nSPS) is 15.2. The molecule has 0 fully saturated rings. The van der Waals surface area contributed by atoms with Crippen LogP contribution in [-0.4, -0.2) is 34.9 Å². The summed E-state index contributed by atoms with van der Waals surface area (Å²) >= 11 is 11.4. The standard InChI is InChI=1S/C40H72O2S6/c1-3-5-7-9-11-13-15-17-19-21-23-25-27-29-31-43-37-38(48-40(47-37)39-45-35(33-41)36(34-42)46-39)44-32-30-28-26-24-22-20-18-16-14-12-10-8-6-4-2/h41-42H,3-34H2,1-2H3. The van der Waals surface area contributed by atoms with Gasteiger partial charge in [-0.25, -0.2) is 0 Å². The fourth-order valence-electron chi connectivity index (χ4n) is 6.14. The first-order valence-electron chi connectivity index (χ1n) is 20.1. The highest BCUT2D eigenvalue weighted by Gasteiger charge is 2.29. The minimum Gasteiger partial charge on any atom is -0.391 e. The Morgan fingerprint density at radius 2 is 0.604 bits per heavy atom. The maximum atomic E-state index is 9.78. The Labute approximate surface area is 323 Å². The minimum absolute atomic E-state index is 0.0224. The summed E-state index contributed by atoms with van der Waals surface area (Å²) in [5.41, 5.74) is 0. The molecule has 0 atom stereocenters. The zero-order chi connectivity index (χ0) is 34.3. The lowest BCUT2D eigenvalue weighted by Gasteiger charge is -2.06. The van der Waals surface area contributed by atoms with Crippen molar-refractivity contribution in [2.24, 2.45) is 0 Å². The average molecular weight is 777 g/mol. The molecule has 0 aromatic rings. The second-order valence-electron chi connectivity index (χ2n) is 13.6. The molecule has 2 aliphatic heterocycles. The van der Waals surface area contributed by atoms with Crippen LogP contribution >= 0.6 is 70.6 Å². The lowest BCUT2D eigenvalue weighted by atomic mass is 10.0. The van der Waals surface area contributed by atoms with Crippen LogP contribution in [0.5, 0.6) is 0 Å². The fraction of sp³-hybridized carbons (Fsp3) is 0.850. The summed E-state index contributed by atoms with van der Waals surface area (Å²) in [5.74, 6) is 2.43. The quantitative estimate of drug-likeness (QED) is 0.0626. The van der Waals surface area contributed by atoms with Crippen LogP contribution in [0, 0.1) is 0 Å². The Bertz CT molecular complexity index is 821. The Morgan fingerprint density at radius 3 is 0.875 bits per heavy atom. The molecule has 0 radical (unpaired) electrons. The molecule has 2 N–H and O–H groups in total. The van der Waals surface area contributed by atoms with Crippen molar-refractivity contribution in [3.8, 4) is 0 Å². The predicted octanol–water partition coefficient (Wildman–Crippen LogP) is 15.8. The van der Waals surface area contributed by atoms with E-state index < -0.39 is 0 Å². The number of hydrogen-bond acceptors (Lipinski definition) is 8. The van der Waals surface area contributed by atoms with Gasteiger partial charge in [-0.05, 0) is 24.3 Å². The van der Waals surface area contributed by atoms with Gasteiger partial charge in [0.25, 0.3) is 0 Å². The molecule has 0 spiro atoms. The monoisotopic (exact) mass is 776 g/mol. The first-order chi connectivity index (χ1) is 23.7. The highest BCUT2D eigenvalue weighted by atomic mass is 32.3. The molecule has 48 heavy (non-hydrogen) atoms. The van der Waals surface area contributed by atoms with Crippen molar-refractivity contribution in [1.29, 1.82) is 0 Å². The molecule has 2 rings (SSSR count). The molecule has 0 unspecified atom stereocenters. The van der Waals surface area contributed by atoms with Gasteiger partial charge in [0.15, 0.2) is 0 Å². The fourth-order valence-corrected chi connectivity index (χ4v) is 14.9. The zero-order valence-electron chi connectivity index (χ0n) is 31.0. The largest absolute Gasteiger partial charge is 0.391 e. The zero-order valence-corrected chi connectivity index (χ0v) is 35.9. The van der Waals surface area contributed by atoms with E-state index in [0.29, 0.717) is 0 Å². The van der Waals surface area contributed by atoms with Crippen LogP contribution in [0.3, 0.4) is 0 Å². The lowest BCUT2D eigenvalue weighted by Crippen LogP contribution is -1.89. The summed E-state index contributed by atoms with van der Waals surface area (Å²) in [6, 6.07) is 0.